The van der Waals surface area contributed by atoms with E-state index < -0.39 is 29.6 Å². The molecule has 0 bridgehead atoms. The largest absolute Gasteiger partial charge is 0.492 e. The first-order chi connectivity index (χ1) is 16.6. The lowest BCUT2D eigenvalue weighted by atomic mass is 10.2. The van der Waals surface area contributed by atoms with Crippen LogP contribution in [0.3, 0.4) is 0 Å². The Labute approximate surface area is 220 Å². The maximum atomic E-state index is 12.8. The molecule has 3 rings (SSSR count). The summed E-state index contributed by atoms with van der Waals surface area (Å²) in [6.07, 6.45) is 1.58. The number of rotatable bonds is 8. The fourth-order valence-electron chi connectivity index (χ4n) is 2.98. The molecule has 0 radical (unpaired) electrons. The number of amides is 3. The summed E-state index contributed by atoms with van der Waals surface area (Å²) in [5.41, 5.74) is 1.04. The molecule has 1 aliphatic rings. The number of carbonyl (C=O) groups excluding carboxylic acids is 4. The highest BCUT2D eigenvalue weighted by atomic mass is 79.9. The second kappa shape index (κ2) is 11.7. The molecule has 0 atom stereocenters. The van der Waals surface area contributed by atoms with Gasteiger partial charge in [0.05, 0.1) is 33.7 Å². The van der Waals surface area contributed by atoms with E-state index >= 15 is 0 Å². The van der Waals surface area contributed by atoms with Gasteiger partial charge in [0, 0.05) is 5.69 Å². The molecule has 2 aromatic rings. The minimum Gasteiger partial charge on any atom is -0.492 e. The minimum absolute atomic E-state index is 0.0767. The number of benzene rings is 2. The van der Waals surface area contributed by atoms with Gasteiger partial charge in [-0.1, -0.05) is 31.5 Å². The Balaban J connectivity index is 1.68. The lowest BCUT2D eigenvalue weighted by Gasteiger charge is -2.13. The van der Waals surface area contributed by atoms with Gasteiger partial charge in [-0.3, -0.25) is 19.3 Å². The Morgan fingerprint density at radius 3 is 2.60 bits per heavy atom. The first-order valence-corrected chi connectivity index (χ1v) is 12.4. The van der Waals surface area contributed by atoms with Gasteiger partial charge in [0.2, 0.25) is 5.91 Å². The maximum Gasteiger partial charge on any atom is 0.339 e. The monoisotopic (exact) mass is 580 g/mol. The molecule has 1 saturated heterocycles. The van der Waals surface area contributed by atoms with Crippen LogP contribution in [0.1, 0.15) is 29.8 Å². The van der Waals surface area contributed by atoms with Crippen LogP contribution in [0.5, 0.6) is 5.75 Å². The van der Waals surface area contributed by atoms with Crippen molar-refractivity contribution in [2.24, 2.45) is 5.92 Å². The predicted octanol–water partition coefficient (Wildman–Crippen LogP) is 5.60. The van der Waals surface area contributed by atoms with E-state index in [-0.39, 0.29) is 21.2 Å². The van der Waals surface area contributed by atoms with Crippen LogP contribution in [0.15, 0.2) is 45.8 Å². The van der Waals surface area contributed by atoms with Gasteiger partial charge in [-0.2, -0.15) is 0 Å². The molecule has 0 aromatic heterocycles. The van der Waals surface area contributed by atoms with Crippen LogP contribution >= 0.6 is 39.3 Å². The Bertz CT molecular complexity index is 1220. The summed E-state index contributed by atoms with van der Waals surface area (Å²) in [7, 11) is 1.21. The molecule has 8 nitrogen and oxygen atoms in total. The van der Waals surface area contributed by atoms with E-state index in [1.54, 1.807) is 24.3 Å². The summed E-state index contributed by atoms with van der Waals surface area (Å²) in [6.45, 7) is 4.18. The lowest BCUT2D eigenvalue weighted by Crippen LogP contribution is -2.36. The number of thioether (sulfide) groups is 1. The minimum atomic E-state index is -0.659. The van der Waals surface area contributed by atoms with Crippen LogP contribution in [-0.4, -0.2) is 48.2 Å². The summed E-state index contributed by atoms with van der Waals surface area (Å²) in [6, 6.07) is 9.63. The third-order valence-corrected chi connectivity index (χ3v) is 6.51. The van der Waals surface area contributed by atoms with Gasteiger partial charge in [0.25, 0.3) is 11.1 Å². The summed E-state index contributed by atoms with van der Waals surface area (Å²) < 4.78 is 11.1. The third-order valence-electron chi connectivity index (χ3n) is 4.66. The van der Waals surface area contributed by atoms with Gasteiger partial charge in [-0.25, -0.2) is 4.79 Å². The Kier molecular flexibility index (Phi) is 8.98. The van der Waals surface area contributed by atoms with E-state index in [1.165, 1.54) is 25.3 Å². The zero-order chi connectivity index (χ0) is 25.7. The fourth-order valence-corrected chi connectivity index (χ4v) is 4.53. The highest BCUT2D eigenvalue weighted by Crippen LogP contribution is 2.34. The summed E-state index contributed by atoms with van der Waals surface area (Å²) >= 11 is 10.2. The average molecular weight is 582 g/mol. The van der Waals surface area contributed by atoms with Crippen LogP contribution in [0.2, 0.25) is 5.02 Å². The molecule has 0 aliphatic carbocycles. The summed E-state index contributed by atoms with van der Waals surface area (Å²) in [4.78, 5) is 50.5. The van der Waals surface area contributed by atoms with Gasteiger partial charge < -0.3 is 14.8 Å². The molecule has 1 heterocycles. The quantitative estimate of drug-likeness (QED) is 0.320. The standard InChI is InChI=1S/C24H22BrClN2O6S/c1-13(2)12-34-19-7-4-14(8-17(19)25)9-20-22(30)28(24(32)35-20)11-21(29)27-15-5-6-18(26)16(10-15)23(31)33-3/h4-10,13H,11-12H2,1-3H3,(H,27,29)/b20-9+. The van der Waals surface area contributed by atoms with Gasteiger partial charge in [0.15, 0.2) is 0 Å². The summed E-state index contributed by atoms with van der Waals surface area (Å²) in [5, 5.41) is 2.16. The number of halogens is 2. The Hall–Kier alpha value is -2.82. The molecule has 3 amide bonds. The third kappa shape index (κ3) is 6.87. The second-order valence-electron chi connectivity index (χ2n) is 7.90. The smallest absolute Gasteiger partial charge is 0.339 e. The Morgan fingerprint density at radius 2 is 1.94 bits per heavy atom. The molecule has 184 valence electrons. The molecule has 35 heavy (non-hydrogen) atoms. The van der Waals surface area contributed by atoms with Gasteiger partial charge >= 0.3 is 5.97 Å². The van der Waals surface area contributed by atoms with Crippen molar-refractivity contribution in [3.8, 4) is 5.75 Å². The molecule has 1 aliphatic heterocycles. The van der Waals surface area contributed by atoms with Crippen LogP contribution < -0.4 is 10.1 Å². The number of hydrogen-bond acceptors (Lipinski definition) is 7. The summed E-state index contributed by atoms with van der Waals surface area (Å²) in [5.74, 6) is -0.787. The van der Waals surface area contributed by atoms with Crippen LogP contribution in [0.25, 0.3) is 6.08 Å². The number of ether oxygens (including phenoxy) is 2. The van der Waals surface area contributed by atoms with Crippen molar-refractivity contribution in [2.45, 2.75) is 13.8 Å². The average Bonchev–Trinajstić information content (AvgIpc) is 3.06. The van der Waals surface area contributed by atoms with Crippen molar-refractivity contribution in [3.63, 3.8) is 0 Å². The molecule has 0 unspecified atom stereocenters. The zero-order valence-electron chi connectivity index (χ0n) is 19.1. The van der Waals surface area contributed by atoms with E-state index in [9.17, 15) is 19.2 Å². The van der Waals surface area contributed by atoms with Crippen LogP contribution in [0, 0.1) is 5.92 Å². The number of nitrogens with one attached hydrogen (secondary N) is 1. The number of anilines is 1. The molecule has 0 spiro atoms. The molecule has 11 heteroatoms. The van der Waals surface area contributed by atoms with Crippen molar-refractivity contribution in [1.82, 2.24) is 4.90 Å². The van der Waals surface area contributed by atoms with E-state index in [4.69, 9.17) is 16.3 Å². The molecule has 2 aromatic carbocycles. The van der Waals surface area contributed by atoms with Crippen molar-refractivity contribution in [2.75, 3.05) is 25.6 Å². The van der Waals surface area contributed by atoms with Crippen LogP contribution in [-0.2, 0) is 14.3 Å². The highest BCUT2D eigenvalue weighted by Gasteiger charge is 2.36. The molecular formula is C24H22BrClN2O6S. The normalized spacial score (nSPS) is 14.6. The van der Waals surface area contributed by atoms with Gasteiger partial charge in [-0.15, -0.1) is 0 Å². The van der Waals surface area contributed by atoms with Crippen molar-refractivity contribution in [3.05, 3.63) is 61.9 Å². The number of nitrogens with zero attached hydrogens (tertiary/aromatic N) is 1. The molecule has 1 fully saturated rings. The highest BCUT2D eigenvalue weighted by molar-refractivity contribution is 9.10. The number of carbonyl (C=O) groups is 4. The second-order valence-corrected chi connectivity index (χ2v) is 10.2. The lowest BCUT2D eigenvalue weighted by molar-refractivity contribution is -0.127. The first-order valence-electron chi connectivity index (χ1n) is 10.4. The fraction of sp³-hybridized carbons (Fsp3) is 0.250. The van der Waals surface area contributed by atoms with Crippen molar-refractivity contribution in [1.29, 1.82) is 0 Å². The number of imide groups is 1. The predicted molar refractivity (Wildman–Crippen MR) is 139 cm³/mol. The SMILES string of the molecule is COC(=O)c1cc(NC(=O)CN2C(=O)S/C(=C/c3ccc(OCC(C)C)c(Br)c3)C2=O)ccc1Cl. The number of methoxy groups -OCH3 is 1. The molecule has 0 saturated carbocycles. The van der Waals surface area contributed by atoms with Crippen molar-refractivity contribution < 1.29 is 28.7 Å². The van der Waals surface area contributed by atoms with Gasteiger partial charge in [0.1, 0.15) is 12.3 Å². The van der Waals surface area contributed by atoms with Gasteiger partial charge in [-0.05, 0) is 75.6 Å². The van der Waals surface area contributed by atoms with Crippen molar-refractivity contribution >= 4 is 74.1 Å². The van der Waals surface area contributed by atoms with E-state index in [1.807, 2.05) is 13.8 Å². The maximum absolute atomic E-state index is 12.8. The Morgan fingerprint density at radius 1 is 1.20 bits per heavy atom. The zero-order valence-corrected chi connectivity index (χ0v) is 22.3. The first kappa shape index (κ1) is 26.8. The molecular weight excluding hydrogens is 560 g/mol. The topological polar surface area (TPSA) is 102 Å². The number of esters is 1. The molecule has 1 N–H and O–H groups in total. The van der Waals surface area contributed by atoms with Crippen LogP contribution in [0.4, 0.5) is 10.5 Å². The van der Waals surface area contributed by atoms with E-state index in [2.05, 4.69) is 26.0 Å². The number of hydrogen-bond donors (Lipinski definition) is 1. The van der Waals surface area contributed by atoms with E-state index in [0.717, 1.165) is 21.1 Å². The van der Waals surface area contributed by atoms with E-state index in [0.29, 0.717) is 23.8 Å².